The minimum absolute atomic E-state index is 0. The molecule has 0 fully saturated rings. The molecule has 0 radical (unpaired) electrons. The Bertz CT molecular complexity index is 1210. The highest BCUT2D eigenvalue weighted by molar-refractivity contribution is 5.95. The fraction of sp³-hybridized carbons (Fsp3) is 0.318. The Morgan fingerprint density at radius 3 is 2.52 bits per heavy atom. The number of esters is 1. The van der Waals surface area contributed by atoms with Gasteiger partial charge in [-0.2, -0.15) is 0 Å². The SMILES string of the molecule is CCOC(=O)c1ccc2c(c1)n(CC(=O)Nc1ccc([N+](=O)[O-])cc1OC)c(C)[n+]2CC.[Cl-]. The summed E-state index contributed by atoms with van der Waals surface area (Å²) in [4.78, 5) is 35.5. The van der Waals surface area contributed by atoms with Crippen molar-refractivity contribution >= 4 is 34.3 Å². The molecule has 1 amide bonds. The van der Waals surface area contributed by atoms with E-state index in [1.165, 1.54) is 25.3 Å². The highest BCUT2D eigenvalue weighted by Crippen LogP contribution is 2.29. The molecule has 0 aliphatic rings. The van der Waals surface area contributed by atoms with Crippen molar-refractivity contribution in [1.82, 2.24) is 4.57 Å². The van der Waals surface area contributed by atoms with Gasteiger partial charge >= 0.3 is 5.97 Å². The lowest BCUT2D eigenvalue weighted by molar-refractivity contribution is -0.674. The minimum atomic E-state index is -0.534. The van der Waals surface area contributed by atoms with Gasteiger partial charge in [-0.3, -0.25) is 14.9 Å². The number of imidazole rings is 1. The number of nitro benzene ring substituents is 1. The molecule has 0 saturated heterocycles. The van der Waals surface area contributed by atoms with Gasteiger partial charge in [0, 0.05) is 19.1 Å². The van der Waals surface area contributed by atoms with E-state index in [-0.39, 0.29) is 42.9 Å². The molecule has 0 aliphatic heterocycles. The monoisotopic (exact) mass is 476 g/mol. The lowest BCUT2D eigenvalue weighted by Crippen LogP contribution is -3.00. The van der Waals surface area contributed by atoms with E-state index in [9.17, 15) is 19.7 Å². The molecule has 11 heteroatoms. The van der Waals surface area contributed by atoms with Crippen molar-refractivity contribution in [2.75, 3.05) is 19.0 Å². The zero-order chi connectivity index (χ0) is 23.4. The molecule has 0 atom stereocenters. The molecule has 0 bridgehead atoms. The van der Waals surface area contributed by atoms with Gasteiger partial charge in [0.15, 0.2) is 17.6 Å². The summed E-state index contributed by atoms with van der Waals surface area (Å²) in [7, 11) is 1.37. The summed E-state index contributed by atoms with van der Waals surface area (Å²) in [6.07, 6.45) is 0. The topological polar surface area (TPSA) is 117 Å². The molecule has 176 valence electrons. The Morgan fingerprint density at radius 1 is 1.18 bits per heavy atom. The maximum atomic E-state index is 12.9. The van der Waals surface area contributed by atoms with Gasteiger partial charge in [-0.05, 0) is 32.0 Å². The number of methoxy groups -OCH3 is 1. The normalized spacial score (nSPS) is 10.4. The number of aromatic nitrogens is 2. The first kappa shape index (κ1) is 25.6. The number of ether oxygens (including phenoxy) is 2. The molecule has 33 heavy (non-hydrogen) atoms. The van der Waals surface area contributed by atoms with Gasteiger partial charge in [-0.15, -0.1) is 0 Å². The molecule has 2 aromatic carbocycles. The van der Waals surface area contributed by atoms with Gasteiger partial charge in [0.1, 0.15) is 5.75 Å². The Kier molecular flexibility index (Phi) is 8.36. The molecular formula is C22H25ClN4O6. The standard InChI is InChI=1S/C22H24N4O6.ClH/c1-5-24-14(3)25(19-11-15(7-10-18(19)24)22(28)32-6-2)13-21(27)23-17-9-8-16(26(29)30)12-20(17)31-4;/h7-12H,5-6,13H2,1-4H3;1H. The summed E-state index contributed by atoms with van der Waals surface area (Å²) < 4.78 is 14.1. The Hall–Kier alpha value is -3.66. The highest BCUT2D eigenvalue weighted by Gasteiger charge is 2.25. The van der Waals surface area contributed by atoms with Crippen LogP contribution in [0.2, 0.25) is 0 Å². The average molecular weight is 477 g/mol. The van der Waals surface area contributed by atoms with Gasteiger partial charge in [-0.1, -0.05) is 0 Å². The number of anilines is 1. The molecule has 3 rings (SSSR count). The van der Waals surface area contributed by atoms with Gasteiger partial charge < -0.3 is 27.2 Å². The van der Waals surface area contributed by atoms with Crippen LogP contribution in [0.4, 0.5) is 11.4 Å². The zero-order valence-electron chi connectivity index (χ0n) is 18.8. The maximum absolute atomic E-state index is 12.9. The summed E-state index contributed by atoms with van der Waals surface area (Å²) in [5, 5.41) is 13.7. The number of halogens is 1. The van der Waals surface area contributed by atoms with Crippen LogP contribution >= 0.6 is 0 Å². The van der Waals surface area contributed by atoms with Gasteiger partial charge in [-0.25, -0.2) is 13.9 Å². The van der Waals surface area contributed by atoms with E-state index in [0.717, 1.165) is 16.9 Å². The summed E-state index contributed by atoms with van der Waals surface area (Å²) in [6.45, 7) is 6.56. The Balaban J connectivity index is 0.00000385. The molecule has 0 saturated carbocycles. The molecule has 0 unspecified atom stereocenters. The molecule has 1 aromatic heterocycles. The van der Waals surface area contributed by atoms with Crippen LogP contribution in [0.15, 0.2) is 36.4 Å². The summed E-state index contributed by atoms with van der Waals surface area (Å²) in [5.74, 6) is 0.258. The fourth-order valence-electron chi connectivity index (χ4n) is 3.63. The largest absolute Gasteiger partial charge is 1.00 e. The second-order valence-electron chi connectivity index (χ2n) is 6.99. The third-order valence-corrected chi connectivity index (χ3v) is 5.14. The van der Waals surface area contributed by atoms with Crippen molar-refractivity contribution in [1.29, 1.82) is 0 Å². The minimum Gasteiger partial charge on any atom is -1.00 e. The maximum Gasteiger partial charge on any atom is 0.338 e. The predicted octanol–water partition coefficient (Wildman–Crippen LogP) is -0.00668. The van der Waals surface area contributed by atoms with Crippen LogP contribution in [-0.2, 0) is 22.6 Å². The zero-order valence-corrected chi connectivity index (χ0v) is 19.5. The molecule has 0 aliphatic carbocycles. The number of nitrogens with one attached hydrogen (secondary N) is 1. The van der Waals surface area contributed by atoms with E-state index in [1.807, 2.05) is 29.0 Å². The van der Waals surface area contributed by atoms with Crippen molar-refractivity contribution in [3.05, 3.63) is 57.9 Å². The molecule has 0 spiro atoms. The van der Waals surface area contributed by atoms with Gasteiger partial charge in [0.05, 0.1) is 42.5 Å². The van der Waals surface area contributed by atoms with Crippen molar-refractivity contribution in [2.24, 2.45) is 0 Å². The number of carbonyl (C=O) groups is 2. The van der Waals surface area contributed by atoms with Crippen LogP contribution in [0.25, 0.3) is 11.0 Å². The number of hydrogen-bond acceptors (Lipinski definition) is 6. The van der Waals surface area contributed by atoms with E-state index in [1.54, 1.807) is 19.1 Å². The Morgan fingerprint density at radius 2 is 1.91 bits per heavy atom. The van der Waals surface area contributed by atoms with E-state index < -0.39 is 10.9 Å². The Labute approximate surface area is 196 Å². The third kappa shape index (κ3) is 5.23. The van der Waals surface area contributed by atoms with E-state index in [4.69, 9.17) is 9.47 Å². The number of aryl methyl sites for hydroxylation is 1. The molecular weight excluding hydrogens is 452 g/mol. The second kappa shape index (κ2) is 10.8. The molecule has 10 nitrogen and oxygen atoms in total. The number of fused-ring (bicyclic) bond motifs is 1. The summed E-state index contributed by atoms with van der Waals surface area (Å²) >= 11 is 0. The first-order valence-corrected chi connectivity index (χ1v) is 10.1. The quantitative estimate of drug-likeness (QED) is 0.211. The van der Waals surface area contributed by atoms with Crippen LogP contribution < -0.4 is 27.0 Å². The summed E-state index contributed by atoms with van der Waals surface area (Å²) in [5.41, 5.74) is 2.20. The number of carbonyl (C=O) groups excluding carboxylic acids is 2. The number of amides is 1. The van der Waals surface area contributed by atoms with Gasteiger partial charge in [0.25, 0.3) is 17.4 Å². The smallest absolute Gasteiger partial charge is 0.338 e. The fourth-order valence-corrected chi connectivity index (χ4v) is 3.63. The number of benzene rings is 2. The number of nitro groups is 1. The third-order valence-electron chi connectivity index (χ3n) is 5.14. The van der Waals surface area contributed by atoms with Crippen LogP contribution in [-0.4, -0.2) is 35.1 Å². The van der Waals surface area contributed by atoms with Crippen molar-refractivity contribution in [3.8, 4) is 5.75 Å². The lowest BCUT2D eigenvalue weighted by atomic mass is 10.2. The van der Waals surface area contributed by atoms with Crippen molar-refractivity contribution in [2.45, 2.75) is 33.9 Å². The second-order valence-corrected chi connectivity index (χ2v) is 6.99. The van der Waals surface area contributed by atoms with Crippen LogP contribution in [0, 0.1) is 17.0 Å². The van der Waals surface area contributed by atoms with Gasteiger partial charge in [0.2, 0.25) is 0 Å². The van der Waals surface area contributed by atoms with Crippen molar-refractivity contribution < 1.29 is 41.0 Å². The van der Waals surface area contributed by atoms with Crippen molar-refractivity contribution in [3.63, 3.8) is 0 Å². The number of hydrogen-bond donors (Lipinski definition) is 1. The van der Waals surface area contributed by atoms with Crippen LogP contribution in [0.1, 0.15) is 30.0 Å². The van der Waals surface area contributed by atoms with E-state index in [0.29, 0.717) is 17.8 Å². The number of non-ortho nitro benzene ring substituents is 1. The average Bonchev–Trinajstić information content (AvgIpc) is 3.03. The lowest BCUT2D eigenvalue weighted by Gasteiger charge is -2.09. The van der Waals surface area contributed by atoms with Crippen LogP contribution in [0.3, 0.4) is 0 Å². The summed E-state index contributed by atoms with van der Waals surface area (Å²) in [6, 6.07) is 9.24. The molecule has 1 heterocycles. The number of rotatable bonds is 8. The van der Waals surface area contributed by atoms with Crippen LogP contribution in [0.5, 0.6) is 5.75 Å². The molecule has 1 N–H and O–H groups in total. The van der Waals surface area contributed by atoms with E-state index >= 15 is 0 Å². The first-order valence-electron chi connectivity index (χ1n) is 10.1. The predicted molar refractivity (Wildman–Crippen MR) is 117 cm³/mol. The molecule has 3 aromatic rings. The number of nitrogens with zero attached hydrogens (tertiary/aromatic N) is 3. The highest BCUT2D eigenvalue weighted by atomic mass is 35.5. The van der Waals surface area contributed by atoms with E-state index in [2.05, 4.69) is 5.32 Å². The first-order chi connectivity index (χ1) is 15.3.